The summed E-state index contributed by atoms with van der Waals surface area (Å²) in [4.78, 5) is 10.9. The van der Waals surface area contributed by atoms with Crippen LogP contribution in [-0.4, -0.2) is 11.4 Å². The van der Waals surface area contributed by atoms with Crippen LogP contribution in [0.5, 0.6) is 0 Å². The minimum Gasteiger partial charge on any atom is -0.515 e. The first kappa shape index (κ1) is 12.3. The van der Waals surface area contributed by atoms with Gasteiger partial charge in [-0.1, -0.05) is 32.4 Å². The van der Waals surface area contributed by atoms with Gasteiger partial charge in [0.1, 0.15) is 6.29 Å². The number of halogens is 1. The van der Waals surface area contributed by atoms with Gasteiger partial charge in [-0.05, 0) is 24.2 Å². The Bertz CT molecular complexity index is 321. The molecular formula is C12H17ClO2. The number of hydrogen-bond donors (Lipinski definition) is 1. The zero-order valence-corrected chi connectivity index (χ0v) is 10.1. The average molecular weight is 229 g/mol. The van der Waals surface area contributed by atoms with E-state index in [2.05, 4.69) is 20.8 Å². The summed E-state index contributed by atoms with van der Waals surface area (Å²) in [6.45, 7) is 6.40. The Hall–Kier alpha value is -0.760. The van der Waals surface area contributed by atoms with Crippen LogP contribution in [0.15, 0.2) is 22.4 Å². The van der Waals surface area contributed by atoms with Crippen molar-refractivity contribution in [1.82, 2.24) is 0 Å². The van der Waals surface area contributed by atoms with Crippen LogP contribution in [0.2, 0.25) is 0 Å². The molecule has 1 atom stereocenters. The maximum absolute atomic E-state index is 10.9. The third-order valence-corrected chi connectivity index (χ3v) is 3.50. The second-order valence-corrected chi connectivity index (χ2v) is 5.46. The lowest BCUT2D eigenvalue weighted by atomic mass is 9.71. The number of aliphatic hydroxyl groups excluding tert-OH is 1. The summed E-state index contributed by atoms with van der Waals surface area (Å²) in [6.07, 6.45) is 3.24. The standard InChI is InChI=1S/C12H17ClO2/c1-12(2,3)10-4-8(6-14)11(13)9(5-10)7-15/h6-7,10,14H,4-5H2,1-3H3. The summed E-state index contributed by atoms with van der Waals surface area (Å²) >= 11 is 5.98. The smallest absolute Gasteiger partial charge is 0.147 e. The van der Waals surface area contributed by atoms with Crippen LogP contribution in [0.25, 0.3) is 0 Å². The molecule has 1 unspecified atom stereocenters. The molecule has 0 aromatic rings. The number of aliphatic hydroxyl groups is 1. The van der Waals surface area contributed by atoms with Gasteiger partial charge in [0, 0.05) is 11.1 Å². The molecule has 0 bridgehead atoms. The Kier molecular flexibility index (Phi) is 3.61. The predicted octanol–water partition coefficient (Wildman–Crippen LogP) is 3.58. The molecule has 84 valence electrons. The SMILES string of the molecule is CC(C)(C)C1CC(=CO)C(Cl)=C(C=O)C1. The zero-order chi connectivity index (χ0) is 11.6. The Morgan fingerprint density at radius 3 is 2.40 bits per heavy atom. The Morgan fingerprint density at radius 1 is 1.40 bits per heavy atom. The molecule has 0 saturated heterocycles. The summed E-state index contributed by atoms with van der Waals surface area (Å²) in [5.41, 5.74) is 1.38. The molecule has 1 aliphatic carbocycles. The fourth-order valence-corrected chi connectivity index (χ4v) is 2.06. The van der Waals surface area contributed by atoms with Gasteiger partial charge in [0.05, 0.1) is 11.3 Å². The van der Waals surface area contributed by atoms with E-state index in [0.717, 1.165) is 19.0 Å². The van der Waals surface area contributed by atoms with Gasteiger partial charge < -0.3 is 5.11 Å². The van der Waals surface area contributed by atoms with Gasteiger partial charge in [-0.3, -0.25) is 4.79 Å². The lowest BCUT2D eigenvalue weighted by Crippen LogP contribution is -2.25. The lowest BCUT2D eigenvalue weighted by Gasteiger charge is -2.34. The third-order valence-electron chi connectivity index (χ3n) is 3.02. The molecule has 1 rings (SSSR count). The van der Waals surface area contributed by atoms with Crippen LogP contribution < -0.4 is 0 Å². The van der Waals surface area contributed by atoms with E-state index in [4.69, 9.17) is 16.7 Å². The summed E-state index contributed by atoms with van der Waals surface area (Å²) in [5.74, 6) is 0.346. The molecule has 15 heavy (non-hydrogen) atoms. The maximum atomic E-state index is 10.9. The molecule has 0 aromatic heterocycles. The van der Waals surface area contributed by atoms with Crippen molar-refractivity contribution in [3.63, 3.8) is 0 Å². The van der Waals surface area contributed by atoms with Crippen molar-refractivity contribution >= 4 is 17.9 Å². The predicted molar refractivity (Wildman–Crippen MR) is 61.8 cm³/mol. The van der Waals surface area contributed by atoms with Crippen LogP contribution in [0.1, 0.15) is 33.6 Å². The van der Waals surface area contributed by atoms with E-state index in [-0.39, 0.29) is 5.41 Å². The second kappa shape index (κ2) is 4.40. The largest absolute Gasteiger partial charge is 0.515 e. The molecule has 2 nitrogen and oxygen atoms in total. The molecule has 0 aliphatic heterocycles. The molecule has 1 aliphatic rings. The highest BCUT2D eigenvalue weighted by molar-refractivity contribution is 6.33. The van der Waals surface area contributed by atoms with E-state index in [0.29, 0.717) is 28.5 Å². The Morgan fingerprint density at radius 2 is 2.00 bits per heavy atom. The number of carbonyl (C=O) groups excluding carboxylic acids is 1. The summed E-state index contributed by atoms with van der Waals surface area (Å²) < 4.78 is 0. The summed E-state index contributed by atoms with van der Waals surface area (Å²) in [6, 6.07) is 0. The van der Waals surface area contributed by atoms with Gasteiger partial charge in [-0.25, -0.2) is 0 Å². The highest BCUT2D eigenvalue weighted by Gasteiger charge is 2.31. The van der Waals surface area contributed by atoms with Gasteiger partial charge in [0.15, 0.2) is 0 Å². The number of hydrogen-bond acceptors (Lipinski definition) is 2. The number of allylic oxidation sites excluding steroid dienone is 3. The van der Waals surface area contributed by atoms with Crippen LogP contribution in [-0.2, 0) is 4.79 Å². The fourth-order valence-electron chi connectivity index (χ4n) is 1.81. The van der Waals surface area contributed by atoms with Crippen molar-refractivity contribution in [3.8, 4) is 0 Å². The van der Waals surface area contributed by atoms with Crippen LogP contribution in [0.4, 0.5) is 0 Å². The average Bonchev–Trinajstić information content (AvgIpc) is 2.16. The summed E-state index contributed by atoms with van der Waals surface area (Å²) in [7, 11) is 0. The normalized spacial score (nSPS) is 25.9. The zero-order valence-electron chi connectivity index (χ0n) is 9.38. The molecule has 0 spiro atoms. The molecular weight excluding hydrogens is 212 g/mol. The first-order valence-corrected chi connectivity index (χ1v) is 5.45. The van der Waals surface area contributed by atoms with Crippen molar-refractivity contribution in [2.45, 2.75) is 33.6 Å². The molecule has 0 amide bonds. The van der Waals surface area contributed by atoms with Gasteiger partial charge in [-0.15, -0.1) is 0 Å². The monoisotopic (exact) mass is 228 g/mol. The van der Waals surface area contributed by atoms with Crippen molar-refractivity contribution in [2.75, 3.05) is 0 Å². The van der Waals surface area contributed by atoms with Crippen LogP contribution >= 0.6 is 11.6 Å². The number of carbonyl (C=O) groups is 1. The molecule has 3 heteroatoms. The highest BCUT2D eigenvalue weighted by atomic mass is 35.5. The topological polar surface area (TPSA) is 37.3 Å². The molecule has 0 radical (unpaired) electrons. The first-order valence-electron chi connectivity index (χ1n) is 5.07. The fraction of sp³-hybridized carbons (Fsp3) is 0.583. The lowest BCUT2D eigenvalue weighted by molar-refractivity contribution is -0.105. The minimum absolute atomic E-state index is 0.111. The van der Waals surface area contributed by atoms with E-state index in [9.17, 15) is 4.79 Å². The van der Waals surface area contributed by atoms with Crippen LogP contribution in [0.3, 0.4) is 0 Å². The van der Waals surface area contributed by atoms with Crippen molar-refractivity contribution in [3.05, 3.63) is 22.4 Å². The highest BCUT2D eigenvalue weighted by Crippen LogP contribution is 2.43. The van der Waals surface area contributed by atoms with E-state index in [1.807, 2.05) is 0 Å². The second-order valence-electron chi connectivity index (χ2n) is 5.08. The van der Waals surface area contributed by atoms with Crippen molar-refractivity contribution in [1.29, 1.82) is 0 Å². The maximum Gasteiger partial charge on any atom is 0.147 e. The number of aldehydes is 1. The minimum atomic E-state index is 0.111. The van der Waals surface area contributed by atoms with E-state index in [1.54, 1.807) is 0 Å². The van der Waals surface area contributed by atoms with Gasteiger partial charge in [-0.2, -0.15) is 0 Å². The Labute approximate surface area is 95.6 Å². The van der Waals surface area contributed by atoms with Gasteiger partial charge >= 0.3 is 0 Å². The van der Waals surface area contributed by atoms with Crippen molar-refractivity contribution in [2.24, 2.45) is 11.3 Å². The first-order chi connectivity index (χ1) is 6.90. The van der Waals surface area contributed by atoms with E-state index in [1.165, 1.54) is 0 Å². The van der Waals surface area contributed by atoms with Gasteiger partial charge in [0.2, 0.25) is 0 Å². The molecule has 0 saturated carbocycles. The molecule has 1 N–H and O–H groups in total. The quantitative estimate of drug-likeness (QED) is 0.550. The molecule has 0 aromatic carbocycles. The number of rotatable bonds is 1. The van der Waals surface area contributed by atoms with E-state index >= 15 is 0 Å². The molecule has 0 heterocycles. The molecule has 0 fully saturated rings. The third kappa shape index (κ3) is 2.63. The van der Waals surface area contributed by atoms with Crippen LogP contribution in [0, 0.1) is 11.3 Å². The Balaban J connectivity index is 3.05. The summed E-state index contributed by atoms with van der Waals surface area (Å²) in [5, 5.41) is 9.49. The van der Waals surface area contributed by atoms with Gasteiger partial charge in [0.25, 0.3) is 0 Å². The van der Waals surface area contributed by atoms with E-state index < -0.39 is 0 Å². The van der Waals surface area contributed by atoms with Crippen molar-refractivity contribution < 1.29 is 9.90 Å².